The molecule has 4 rings (SSSR count). The summed E-state index contributed by atoms with van der Waals surface area (Å²) >= 11 is 0. The molecule has 2 N–H and O–H groups in total. The topological polar surface area (TPSA) is 67.4 Å². The van der Waals surface area contributed by atoms with Crippen molar-refractivity contribution in [2.45, 2.75) is 38.9 Å². The fraction of sp³-hybridized carbons (Fsp3) is 0.259. The van der Waals surface area contributed by atoms with Gasteiger partial charge in [-0.3, -0.25) is 4.79 Å². The average Bonchev–Trinajstić information content (AvgIpc) is 3.18. The van der Waals surface area contributed by atoms with Gasteiger partial charge in [0, 0.05) is 17.3 Å². The second-order valence-corrected chi connectivity index (χ2v) is 8.71. The number of halogens is 3. The summed E-state index contributed by atoms with van der Waals surface area (Å²) in [5.41, 5.74) is 3.72. The van der Waals surface area contributed by atoms with Gasteiger partial charge in [-0.05, 0) is 78.3 Å². The van der Waals surface area contributed by atoms with Gasteiger partial charge in [-0.1, -0.05) is 36.4 Å². The van der Waals surface area contributed by atoms with Crippen molar-refractivity contribution in [1.82, 2.24) is 5.32 Å². The van der Waals surface area contributed by atoms with Crippen LogP contribution in [0.25, 0.3) is 11.1 Å². The summed E-state index contributed by atoms with van der Waals surface area (Å²) in [4.78, 5) is 24.7. The van der Waals surface area contributed by atoms with Crippen molar-refractivity contribution in [3.8, 4) is 11.1 Å². The molecule has 3 aromatic carbocycles. The molecule has 0 aromatic heterocycles. The number of hydrogen-bond donors (Lipinski definition) is 2. The van der Waals surface area contributed by atoms with Crippen LogP contribution in [0.2, 0.25) is 0 Å². The highest BCUT2D eigenvalue weighted by Gasteiger charge is 2.34. The Kier molecular flexibility index (Phi) is 6.56. The van der Waals surface area contributed by atoms with Gasteiger partial charge >= 0.3 is 12.3 Å². The van der Waals surface area contributed by atoms with Gasteiger partial charge < -0.3 is 15.4 Å². The Morgan fingerprint density at radius 3 is 2.26 bits per heavy atom. The van der Waals surface area contributed by atoms with Crippen molar-refractivity contribution in [1.29, 1.82) is 0 Å². The standard InChI is InChI=1S/C27H25F3N2O3/c1-15-10-19(11-16(2)24(15)27(28,29)30)22-6-4-5-7-23(22)25(33)31-20-9-8-17-12-21(14-18(17)13-20)32-26(34)35-3/h4-11,13,21H,12,14H2,1-3H3,(H,31,33)(H,32,34)/t21-/m0/s1. The Hall–Kier alpha value is -3.81. The summed E-state index contributed by atoms with van der Waals surface area (Å²) in [6.07, 6.45) is -3.63. The second-order valence-electron chi connectivity index (χ2n) is 8.71. The van der Waals surface area contributed by atoms with Gasteiger partial charge in [0.25, 0.3) is 5.91 Å². The number of anilines is 1. The van der Waals surface area contributed by atoms with Crippen molar-refractivity contribution in [3.63, 3.8) is 0 Å². The molecule has 35 heavy (non-hydrogen) atoms. The number of benzene rings is 3. The van der Waals surface area contributed by atoms with E-state index in [-0.39, 0.29) is 23.1 Å². The van der Waals surface area contributed by atoms with Crippen LogP contribution in [0, 0.1) is 13.8 Å². The molecule has 0 saturated heterocycles. The number of alkyl carbamates (subject to hydrolysis) is 1. The molecule has 0 saturated carbocycles. The lowest BCUT2D eigenvalue weighted by atomic mass is 9.92. The molecular formula is C27H25F3N2O3. The fourth-order valence-electron chi connectivity index (χ4n) is 4.72. The summed E-state index contributed by atoms with van der Waals surface area (Å²) in [6, 6.07) is 15.3. The van der Waals surface area contributed by atoms with Crippen LogP contribution < -0.4 is 10.6 Å². The Morgan fingerprint density at radius 1 is 0.943 bits per heavy atom. The molecule has 0 unspecified atom stereocenters. The van der Waals surface area contributed by atoms with Crippen LogP contribution in [-0.4, -0.2) is 25.2 Å². The number of ether oxygens (including phenoxy) is 1. The van der Waals surface area contributed by atoms with E-state index in [1.165, 1.54) is 33.1 Å². The van der Waals surface area contributed by atoms with Crippen LogP contribution >= 0.6 is 0 Å². The second kappa shape index (κ2) is 9.44. The summed E-state index contributed by atoms with van der Waals surface area (Å²) in [7, 11) is 1.32. The highest BCUT2D eigenvalue weighted by Crippen LogP contribution is 2.37. The van der Waals surface area contributed by atoms with E-state index in [0.717, 1.165) is 11.1 Å². The van der Waals surface area contributed by atoms with Crippen LogP contribution in [0.1, 0.15) is 38.2 Å². The highest BCUT2D eigenvalue weighted by atomic mass is 19.4. The largest absolute Gasteiger partial charge is 0.453 e. The Bertz CT molecular complexity index is 1280. The number of carbonyl (C=O) groups is 2. The third kappa shape index (κ3) is 5.16. The van der Waals surface area contributed by atoms with E-state index >= 15 is 0 Å². The lowest BCUT2D eigenvalue weighted by Crippen LogP contribution is -2.35. The predicted octanol–water partition coefficient (Wildman–Crippen LogP) is 6.06. The number of fused-ring (bicyclic) bond motifs is 1. The van der Waals surface area contributed by atoms with Gasteiger partial charge in [0.2, 0.25) is 0 Å². The third-order valence-corrected chi connectivity index (χ3v) is 6.20. The molecule has 3 aromatic rings. The number of amides is 2. The van der Waals surface area contributed by atoms with E-state index < -0.39 is 17.8 Å². The quantitative estimate of drug-likeness (QED) is 0.475. The molecule has 8 heteroatoms. The first-order valence-corrected chi connectivity index (χ1v) is 11.1. The van der Waals surface area contributed by atoms with E-state index in [4.69, 9.17) is 0 Å². The summed E-state index contributed by atoms with van der Waals surface area (Å²) in [6.45, 7) is 2.85. The van der Waals surface area contributed by atoms with Gasteiger partial charge in [0.1, 0.15) is 0 Å². The van der Waals surface area contributed by atoms with Crippen LogP contribution in [0.15, 0.2) is 54.6 Å². The Labute approximate surface area is 201 Å². The van der Waals surface area contributed by atoms with E-state index in [9.17, 15) is 22.8 Å². The molecule has 0 aliphatic heterocycles. The number of alkyl halides is 3. The molecule has 0 fully saturated rings. The van der Waals surface area contributed by atoms with Gasteiger partial charge in [-0.2, -0.15) is 13.2 Å². The first-order chi connectivity index (χ1) is 16.6. The van der Waals surface area contributed by atoms with E-state index in [2.05, 4.69) is 15.4 Å². The minimum atomic E-state index is -4.44. The molecule has 5 nitrogen and oxygen atoms in total. The van der Waals surface area contributed by atoms with Crippen LogP contribution in [0.4, 0.5) is 23.7 Å². The molecule has 0 heterocycles. The zero-order chi connectivity index (χ0) is 25.3. The first-order valence-electron chi connectivity index (χ1n) is 11.1. The zero-order valence-electron chi connectivity index (χ0n) is 19.5. The zero-order valence-corrected chi connectivity index (χ0v) is 19.5. The number of aryl methyl sites for hydroxylation is 2. The maximum absolute atomic E-state index is 13.4. The number of nitrogens with one attached hydrogen (secondary N) is 2. The number of methoxy groups -OCH3 is 1. The normalized spacial score (nSPS) is 14.9. The van der Waals surface area contributed by atoms with E-state index in [1.807, 2.05) is 12.1 Å². The maximum atomic E-state index is 13.4. The number of rotatable bonds is 4. The molecule has 182 valence electrons. The molecule has 0 bridgehead atoms. The average molecular weight is 483 g/mol. The summed E-state index contributed by atoms with van der Waals surface area (Å²) < 4.78 is 44.9. The van der Waals surface area contributed by atoms with Crippen LogP contribution in [-0.2, 0) is 23.8 Å². The predicted molar refractivity (Wildman–Crippen MR) is 127 cm³/mol. The number of carbonyl (C=O) groups excluding carboxylic acids is 2. The van der Waals surface area contributed by atoms with Crippen molar-refractivity contribution in [2.75, 3.05) is 12.4 Å². The molecule has 1 atom stereocenters. The van der Waals surface area contributed by atoms with Crippen molar-refractivity contribution < 1.29 is 27.5 Å². The minimum Gasteiger partial charge on any atom is -0.453 e. The Morgan fingerprint density at radius 2 is 1.60 bits per heavy atom. The van der Waals surface area contributed by atoms with Gasteiger partial charge in [-0.25, -0.2) is 4.79 Å². The van der Waals surface area contributed by atoms with Crippen LogP contribution in [0.5, 0.6) is 0 Å². The summed E-state index contributed by atoms with van der Waals surface area (Å²) in [5, 5.41) is 5.69. The Balaban J connectivity index is 1.58. The molecular weight excluding hydrogens is 457 g/mol. The molecule has 2 amide bonds. The minimum absolute atomic E-state index is 0.0738. The van der Waals surface area contributed by atoms with Gasteiger partial charge in [0.15, 0.2) is 0 Å². The molecule has 0 radical (unpaired) electrons. The molecule has 1 aliphatic rings. The summed E-state index contributed by atoms with van der Waals surface area (Å²) in [5.74, 6) is -0.363. The molecule has 1 aliphatic carbocycles. The van der Waals surface area contributed by atoms with Crippen molar-refractivity contribution >= 4 is 17.7 Å². The van der Waals surface area contributed by atoms with Crippen molar-refractivity contribution in [2.24, 2.45) is 0 Å². The molecule has 0 spiro atoms. The highest BCUT2D eigenvalue weighted by molar-refractivity contribution is 6.08. The van der Waals surface area contributed by atoms with Gasteiger partial charge in [0.05, 0.1) is 12.7 Å². The van der Waals surface area contributed by atoms with Crippen LogP contribution in [0.3, 0.4) is 0 Å². The van der Waals surface area contributed by atoms with Gasteiger partial charge in [-0.15, -0.1) is 0 Å². The van der Waals surface area contributed by atoms with E-state index in [0.29, 0.717) is 35.2 Å². The first kappa shape index (κ1) is 24.3. The third-order valence-electron chi connectivity index (χ3n) is 6.20. The lowest BCUT2D eigenvalue weighted by Gasteiger charge is -2.17. The van der Waals surface area contributed by atoms with E-state index in [1.54, 1.807) is 30.3 Å². The fourth-order valence-corrected chi connectivity index (χ4v) is 4.72. The number of hydrogen-bond acceptors (Lipinski definition) is 3. The maximum Gasteiger partial charge on any atom is 0.416 e. The monoisotopic (exact) mass is 482 g/mol. The van der Waals surface area contributed by atoms with Crippen molar-refractivity contribution in [3.05, 3.63) is 88.0 Å². The smallest absolute Gasteiger partial charge is 0.416 e. The lowest BCUT2D eigenvalue weighted by molar-refractivity contribution is -0.138. The SMILES string of the molecule is COC(=O)N[C@H]1Cc2ccc(NC(=O)c3ccccc3-c3cc(C)c(C(F)(F)F)c(C)c3)cc2C1.